The van der Waals surface area contributed by atoms with Crippen molar-refractivity contribution in [3.63, 3.8) is 0 Å². The minimum Gasteiger partial charge on any atom is -0.455 e. The number of allylic oxidation sites excluding steroid dienone is 1. The summed E-state index contributed by atoms with van der Waals surface area (Å²) in [5.41, 5.74) is -0.0298. The number of amides is 1. The summed E-state index contributed by atoms with van der Waals surface area (Å²) in [6, 6.07) is 0. The van der Waals surface area contributed by atoms with Crippen LogP contribution in [-0.4, -0.2) is 24.5 Å². The highest BCUT2D eigenvalue weighted by atomic mass is 16.7. The number of hydrogen-bond donors (Lipinski definition) is 1. The zero-order valence-corrected chi connectivity index (χ0v) is 9.75. The number of rotatable bonds is 2. The fourth-order valence-electron chi connectivity index (χ4n) is 1.27. The molecule has 1 N–H and O–H groups in total. The van der Waals surface area contributed by atoms with Gasteiger partial charge in [0.2, 0.25) is 5.79 Å². The van der Waals surface area contributed by atoms with E-state index in [1.807, 2.05) is 0 Å². The Morgan fingerprint density at radius 1 is 1.44 bits per heavy atom. The average Bonchev–Trinajstić information content (AvgIpc) is 2.10. The largest absolute Gasteiger partial charge is 0.455 e. The van der Waals surface area contributed by atoms with Crippen molar-refractivity contribution in [2.45, 2.75) is 33.5 Å². The van der Waals surface area contributed by atoms with Gasteiger partial charge in [0.15, 0.2) is 5.70 Å². The van der Waals surface area contributed by atoms with E-state index in [0.717, 1.165) is 0 Å². The van der Waals surface area contributed by atoms with Crippen molar-refractivity contribution in [3.8, 4) is 0 Å². The minimum atomic E-state index is -1.01. The molecule has 0 radical (unpaired) electrons. The molecule has 0 aromatic heterocycles. The molecule has 6 heteroatoms. The Labute approximate surface area is 93.5 Å². The Bertz CT molecular complexity index is 345. The van der Waals surface area contributed by atoms with Crippen LogP contribution in [0.4, 0.5) is 4.79 Å². The number of carbonyl (C=O) groups excluding carboxylic acids is 2. The molecular formula is C10H15NO5. The molecule has 1 rings (SSSR count). The summed E-state index contributed by atoms with van der Waals surface area (Å²) in [4.78, 5) is 22.7. The Kier molecular flexibility index (Phi) is 3.41. The third-order valence-corrected chi connectivity index (χ3v) is 1.80. The molecule has 0 bridgehead atoms. The maximum absolute atomic E-state index is 11.5. The molecule has 0 unspecified atom stereocenters. The first-order valence-electron chi connectivity index (χ1n) is 4.92. The second kappa shape index (κ2) is 4.42. The van der Waals surface area contributed by atoms with Crippen molar-refractivity contribution in [1.82, 2.24) is 5.32 Å². The Hall–Kier alpha value is -1.72. The smallest absolute Gasteiger partial charge is 0.411 e. The summed E-state index contributed by atoms with van der Waals surface area (Å²) in [7, 11) is 0. The standard InChI is InChI=1S/C10H15NO5/c1-5-14-9(13)11-7-6(2)15-10(3,4)16-8(7)12/h5H2,1-4H3,(H,11,13). The van der Waals surface area contributed by atoms with Crippen LogP contribution < -0.4 is 5.32 Å². The highest BCUT2D eigenvalue weighted by Crippen LogP contribution is 2.24. The number of esters is 1. The lowest BCUT2D eigenvalue weighted by molar-refractivity contribution is -0.207. The SMILES string of the molecule is CCOC(=O)NC1=C(C)OC(C)(C)OC1=O. The van der Waals surface area contributed by atoms with Gasteiger partial charge in [-0.2, -0.15) is 0 Å². The van der Waals surface area contributed by atoms with Gasteiger partial charge in [0.25, 0.3) is 0 Å². The predicted molar refractivity (Wildman–Crippen MR) is 54.1 cm³/mol. The molecule has 0 aromatic rings. The van der Waals surface area contributed by atoms with Gasteiger partial charge in [0, 0.05) is 13.8 Å². The highest BCUT2D eigenvalue weighted by molar-refractivity contribution is 5.93. The summed E-state index contributed by atoms with van der Waals surface area (Å²) in [5.74, 6) is -1.35. The van der Waals surface area contributed by atoms with E-state index in [-0.39, 0.29) is 12.3 Å². The van der Waals surface area contributed by atoms with Gasteiger partial charge in [0.05, 0.1) is 6.61 Å². The van der Waals surface area contributed by atoms with Crippen LogP contribution in [0.15, 0.2) is 11.5 Å². The van der Waals surface area contributed by atoms with Crippen LogP contribution in [0.1, 0.15) is 27.7 Å². The Morgan fingerprint density at radius 2 is 2.06 bits per heavy atom. The maximum atomic E-state index is 11.5. The van der Waals surface area contributed by atoms with E-state index in [1.54, 1.807) is 27.7 Å². The minimum absolute atomic E-state index is 0.0298. The van der Waals surface area contributed by atoms with Crippen LogP contribution in [0, 0.1) is 0 Å². The number of cyclic esters (lactones) is 1. The van der Waals surface area contributed by atoms with Crippen molar-refractivity contribution in [2.24, 2.45) is 0 Å². The van der Waals surface area contributed by atoms with Gasteiger partial charge in [0.1, 0.15) is 5.76 Å². The molecule has 6 nitrogen and oxygen atoms in total. The van der Waals surface area contributed by atoms with E-state index in [9.17, 15) is 9.59 Å². The van der Waals surface area contributed by atoms with Crippen LogP contribution in [0.25, 0.3) is 0 Å². The Morgan fingerprint density at radius 3 is 2.56 bits per heavy atom. The van der Waals surface area contributed by atoms with E-state index in [2.05, 4.69) is 10.1 Å². The van der Waals surface area contributed by atoms with Crippen molar-refractivity contribution >= 4 is 12.1 Å². The lowest BCUT2D eigenvalue weighted by atomic mass is 10.3. The molecule has 0 saturated carbocycles. The molecule has 0 saturated heterocycles. The van der Waals surface area contributed by atoms with E-state index in [0.29, 0.717) is 5.76 Å². The number of nitrogens with one attached hydrogen (secondary N) is 1. The van der Waals surface area contributed by atoms with Gasteiger partial charge >= 0.3 is 12.1 Å². The lowest BCUT2D eigenvalue weighted by Gasteiger charge is -2.32. The molecular weight excluding hydrogens is 214 g/mol. The van der Waals surface area contributed by atoms with Gasteiger partial charge in [-0.15, -0.1) is 0 Å². The molecule has 1 heterocycles. The quantitative estimate of drug-likeness (QED) is 0.722. The molecule has 1 aliphatic heterocycles. The van der Waals surface area contributed by atoms with E-state index in [1.165, 1.54) is 0 Å². The fraction of sp³-hybridized carbons (Fsp3) is 0.600. The molecule has 0 fully saturated rings. The lowest BCUT2D eigenvalue weighted by Crippen LogP contribution is -2.41. The summed E-state index contributed by atoms with van der Waals surface area (Å²) in [6.07, 6.45) is -0.711. The fourth-order valence-corrected chi connectivity index (χ4v) is 1.27. The first kappa shape index (κ1) is 12.4. The zero-order valence-electron chi connectivity index (χ0n) is 9.75. The number of ether oxygens (including phenoxy) is 3. The van der Waals surface area contributed by atoms with Gasteiger partial charge in [-0.05, 0) is 13.8 Å². The van der Waals surface area contributed by atoms with E-state index < -0.39 is 17.8 Å². The summed E-state index contributed by atoms with van der Waals surface area (Å²) in [6.45, 7) is 6.67. The molecule has 90 valence electrons. The van der Waals surface area contributed by atoms with Gasteiger partial charge < -0.3 is 14.2 Å². The number of hydrogen-bond acceptors (Lipinski definition) is 5. The van der Waals surface area contributed by atoms with Crippen molar-refractivity contribution in [3.05, 3.63) is 11.5 Å². The van der Waals surface area contributed by atoms with Crippen LogP contribution in [0.2, 0.25) is 0 Å². The molecule has 1 amide bonds. The topological polar surface area (TPSA) is 73.9 Å². The van der Waals surface area contributed by atoms with E-state index in [4.69, 9.17) is 9.47 Å². The third-order valence-electron chi connectivity index (χ3n) is 1.80. The number of carbonyl (C=O) groups is 2. The summed E-state index contributed by atoms with van der Waals surface area (Å²) >= 11 is 0. The van der Waals surface area contributed by atoms with Crippen LogP contribution in [0.5, 0.6) is 0 Å². The van der Waals surface area contributed by atoms with Crippen molar-refractivity contribution < 1.29 is 23.8 Å². The average molecular weight is 229 g/mol. The van der Waals surface area contributed by atoms with Crippen molar-refractivity contribution in [2.75, 3.05) is 6.61 Å². The Balaban J connectivity index is 2.79. The van der Waals surface area contributed by atoms with Crippen molar-refractivity contribution in [1.29, 1.82) is 0 Å². The monoisotopic (exact) mass is 229 g/mol. The third kappa shape index (κ3) is 2.88. The zero-order chi connectivity index (χ0) is 12.3. The van der Waals surface area contributed by atoms with Crippen LogP contribution in [0.3, 0.4) is 0 Å². The van der Waals surface area contributed by atoms with Gasteiger partial charge in [-0.25, -0.2) is 9.59 Å². The summed E-state index contributed by atoms with van der Waals surface area (Å²) in [5, 5.41) is 2.28. The van der Waals surface area contributed by atoms with Crippen LogP contribution in [-0.2, 0) is 19.0 Å². The second-order valence-electron chi connectivity index (χ2n) is 3.67. The molecule has 1 aliphatic rings. The van der Waals surface area contributed by atoms with E-state index >= 15 is 0 Å². The molecule has 0 atom stereocenters. The highest BCUT2D eigenvalue weighted by Gasteiger charge is 2.35. The first-order chi connectivity index (χ1) is 7.35. The molecule has 0 aromatic carbocycles. The number of alkyl carbamates (subject to hydrolysis) is 1. The molecule has 0 aliphatic carbocycles. The summed E-state index contributed by atoms with van der Waals surface area (Å²) < 4.78 is 14.9. The van der Waals surface area contributed by atoms with Gasteiger partial charge in [-0.1, -0.05) is 0 Å². The second-order valence-corrected chi connectivity index (χ2v) is 3.67. The first-order valence-corrected chi connectivity index (χ1v) is 4.92. The molecule has 16 heavy (non-hydrogen) atoms. The molecule has 0 spiro atoms. The van der Waals surface area contributed by atoms with Gasteiger partial charge in [-0.3, -0.25) is 5.32 Å². The predicted octanol–water partition coefficient (Wildman–Crippen LogP) is 1.27. The normalized spacial score (nSPS) is 18.6. The van der Waals surface area contributed by atoms with Crippen LogP contribution >= 0.6 is 0 Å². The maximum Gasteiger partial charge on any atom is 0.411 e.